The number of hydrogen-bond donors (Lipinski definition) is 1. The lowest BCUT2D eigenvalue weighted by Crippen LogP contribution is -2.47. The molecule has 2 heterocycles. The molecule has 1 saturated carbocycles. The summed E-state index contributed by atoms with van der Waals surface area (Å²) in [6, 6.07) is 2.41. The summed E-state index contributed by atoms with van der Waals surface area (Å²) < 4.78 is 1.88. The summed E-state index contributed by atoms with van der Waals surface area (Å²) in [5, 5.41) is 7.67. The van der Waals surface area contributed by atoms with Gasteiger partial charge in [0, 0.05) is 37.8 Å². The summed E-state index contributed by atoms with van der Waals surface area (Å²) in [7, 11) is 3.90. The molecule has 1 aliphatic heterocycles. The van der Waals surface area contributed by atoms with Crippen molar-refractivity contribution in [2.75, 3.05) is 20.1 Å². The van der Waals surface area contributed by atoms with Gasteiger partial charge in [0.25, 0.3) is 5.91 Å². The summed E-state index contributed by atoms with van der Waals surface area (Å²) in [6.07, 6.45) is 4.69. The second-order valence-electron chi connectivity index (χ2n) is 5.73. The van der Waals surface area contributed by atoms with Crippen molar-refractivity contribution in [1.29, 1.82) is 0 Å². The van der Waals surface area contributed by atoms with Crippen LogP contribution in [-0.2, 0) is 7.05 Å². The Morgan fingerprint density at radius 1 is 1.42 bits per heavy atom. The predicted molar refractivity (Wildman–Crippen MR) is 73.2 cm³/mol. The molecule has 104 valence electrons. The van der Waals surface area contributed by atoms with E-state index >= 15 is 0 Å². The Labute approximate surface area is 114 Å². The molecule has 0 spiro atoms. The minimum Gasteiger partial charge on any atom is -0.336 e. The second kappa shape index (κ2) is 4.96. The molecule has 1 atom stereocenters. The molecular weight excluding hydrogens is 240 g/mol. The van der Waals surface area contributed by atoms with E-state index in [1.807, 2.05) is 29.7 Å². The molecule has 1 unspecified atom stereocenters. The number of rotatable bonds is 3. The molecule has 1 aromatic rings. The summed E-state index contributed by atoms with van der Waals surface area (Å²) in [6.45, 7) is 1.65. The molecule has 1 saturated heterocycles. The van der Waals surface area contributed by atoms with Gasteiger partial charge in [0.1, 0.15) is 0 Å². The minimum atomic E-state index is 0.0856. The number of nitrogens with zero attached hydrogens (tertiary/aromatic N) is 3. The number of amides is 1. The highest BCUT2D eigenvalue weighted by Gasteiger charge is 2.30. The van der Waals surface area contributed by atoms with Crippen LogP contribution < -0.4 is 5.32 Å². The Balaban J connectivity index is 1.74. The van der Waals surface area contributed by atoms with Gasteiger partial charge >= 0.3 is 0 Å². The van der Waals surface area contributed by atoms with Crippen LogP contribution in [0.1, 0.15) is 47.8 Å². The Morgan fingerprint density at radius 2 is 2.21 bits per heavy atom. The van der Waals surface area contributed by atoms with Crippen LogP contribution in [0.15, 0.2) is 6.07 Å². The number of carbonyl (C=O) groups excluding carboxylic acids is 1. The third-order valence-corrected chi connectivity index (χ3v) is 4.25. The van der Waals surface area contributed by atoms with Crippen LogP contribution in [0.4, 0.5) is 0 Å². The standard InChI is InChI=1S/C14H22N4O/c1-15-11-4-3-7-18(9-11)14(19)12-8-13(10-5-6-10)17(2)16-12/h8,10-11,15H,3-7,9H2,1-2H3. The molecule has 2 fully saturated rings. The molecule has 19 heavy (non-hydrogen) atoms. The zero-order chi connectivity index (χ0) is 13.4. The molecule has 0 bridgehead atoms. The van der Waals surface area contributed by atoms with E-state index in [1.165, 1.54) is 18.5 Å². The number of hydrogen-bond acceptors (Lipinski definition) is 3. The van der Waals surface area contributed by atoms with E-state index in [0.29, 0.717) is 17.7 Å². The maximum absolute atomic E-state index is 12.5. The van der Waals surface area contributed by atoms with Crippen molar-refractivity contribution < 1.29 is 4.79 Å². The molecule has 3 rings (SSSR count). The zero-order valence-corrected chi connectivity index (χ0v) is 11.7. The van der Waals surface area contributed by atoms with Gasteiger partial charge in [0.05, 0.1) is 0 Å². The Morgan fingerprint density at radius 3 is 2.89 bits per heavy atom. The van der Waals surface area contributed by atoms with Crippen LogP contribution in [0.3, 0.4) is 0 Å². The number of likely N-dealkylation sites (N-methyl/N-ethyl adjacent to an activating group) is 1. The summed E-state index contributed by atoms with van der Waals surface area (Å²) >= 11 is 0. The van der Waals surface area contributed by atoms with Crippen molar-refractivity contribution in [3.63, 3.8) is 0 Å². The molecule has 1 amide bonds. The lowest BCUT2D eigenvalue weighted by atomic mass is 10.1. The number of aromatic nitrogens is 2. The van der Waals surface area contributed by atoms with Gasteiger partial charge in [-0.05, 0) is 38.8 Å². The largest absolute Gasteiger partial charge is 0.336 e. The summed E-state index contributed by atoms with van der Waals surface area (Å²) in [5.74, 6) is 0.716. The van der Waals surface area contributed by atoms with Crippen molar-refractivity contribution >= 4 is 5.91 Å². The monoisotopic (exact) mass is 262 g/mol. The Kier molecular flexibility index (Phi) is 3.31. The van der Waals surface area contributed by atoms with E-state index in [-0.39, 0.29) is 5.91 Å². The van der Waals surface area contributed by atoms with E-state index in [0.717, 1.165) is 25.9 Å². The third-order valence-electron chi connectivity index (χ3n) is 4.25. The normalized spacial score (nSPS) is 23.7. The first-order valence-corrected chi connectivity index (χ1v) is 7.19. The van der Waals surface area contributed by atoms with Crippen LogP contribution >= 0.6 is 0 Å². The van der Waals surface area contributed by atoms with Crippen LogP contribution in [0.25, 0.3) is 0 Å². The number of aryl methyl sites for hydroxylation is 1. The zero-order valence-electron chi connectivity index (χ0n) is 11.7. The molecule has 1 N–H and O–H groups in total. The summed E-state index contributed by atoms with van der Waals surface area (Å²) in [4.78, 5) is 14.4. The van der Waals surface area contributed by atoms with E-state index in [1.54, 1.807) is 0 Å². The molecule has 5 nitrogen and oxygen atoms in total. The smallest absolute Gasteiger partial charge is 0.274 e. The average Bonchev–Trinajstić information content (AvgIpc) is 3.21. The van der Waals surface area contributed by atoms with Crippen molar-refractivity contribution in [1.82, 2.24) is 20.0 Å². The van der Waals surface area contributed by atoms with E-state index in [4.69, 9.17) is 0 Å². The molecule has 1 aliphatic carbocycles. The van der Waals surface area contributed by atoms with Gasteiger partial charge in [-0.15, -0.1) is 0 Å². The van der Waals surface area contributed by atoms with Gasteiger partial charge in [-0.25, -0.2) is 0 Å². The lowest BCUT2D eigenvalue weighted by Gasteiger charge is -2.32. The highest BCUT2D eigenvalue weighted by Crippen LogP contribution is 2.40. The molecule has 2 aliphatic rings. The summed E-state index contributed by atoms with van der Waals surface area (Å²) in [5.41, 5.74) is 1.83. The SMILES string of the molecule is CNC1CCCN(C(=O)c2cc(C3CC3)n(C)n2)C1. The highest BCUT2D eigenvalue weighted by atomic mass is 16.2. The van der Waals surface area contributed by atoms with Gasteiger partial charge in [0.2, 0.25) is 0 Å². The van der Waals surface area contributed by atoms with Crippen LogP contribution in [0.5, 0.6) is 0 Å². The van der Waals surface area contributed by atoms with E-state index < -0.39 is 0 Å². The molecular formula is C14H22N4O. The van der Waals surface area contributed by atoms with Crippen molar-refractivity contribution in [3.8, 4) is 0 Å². The van der Waals surface area contributed by atoms with E-state index in [9.17, 15) is 4.79 Å². The van der Waals surface area contributed by atoms with Crippen LogP contribution in [0.2, 0.25) is 0 Å². The van der Waals surface area contributed by atoms with E-state index in [2.05, 4.69) is 10.4 Å². The Bertz CT molecular complexity index is 478. The first kappa shape index (κ1) is 12.7. The number of likely N-dealkylation sites (tertiary alicyclic amines) is 1. The van der Waals surface area contributed by atoms with Gasteiger partial charge in [-0.2, -0.15) is 5.10 Å². The topological polar surface area (TPSA) is 50.2 Å². The fourth-order valence-corrected chi connectivity index (χ4v) is 2.91. The Hall–Kier alpha value is -1.36. The highest BCUT2D eigenvalue weighted by molar-refractivity contribution is 5.92. The fourth-order valence-electron chi connectivity index (χ4n) is 2.91. The maximum Gasteiger partial charge on any atom is 0.274 e. The average molecular weight is 262 g/mol. The first-order chi connectivity index (χ1) is 9.19. The molecule has 0 aromatic carbocycles. The number of carbonyl (C=O) groups is 1. The second-order valence-corrected chi connectivity index (χ2v) is 5.73. The van der Waals surface area contributed by atoms with Crippen LogP contribution in [-0.4, -0.2) is 46.8 Å². The molecule has 0 radical (unpaired) electrons. The van der Waals surface area contributed by atoms with Crippen molar-refractivity contribution in [3.05, 3.63) is 17.5 Å². The van der Waals surface area contributed by atoms with Crippen molar-refractivity contribution in [2.45, 2.75) is 37.6 Å². The predicted octanol–water partition coefficient (Wildman–Crippen LogP) is 1.12. The van der Waals surface area contributed by atoms with Gasteiger partial charge in [-0.1, -0.05) is 0 Å². The lowest BCUT2D eigenvalue weighted by molar-refractivity contribution is 0.0691. The quantitative estimate of drug-likeness (QED) is 0.888. The van der Waals surface area contributed by atoms with Gasteiger partial charge < -0.3 is 10.2 Å². The van der Waals surface area contributed by atoms with Crippen molar-refractivity contribution in [2.24, 2.45) is 7.05 Å². The molecule has 5 heteroatoms. The molecule has 1 aromatic heterocycles. The fraction of sp³-hybridized carbons (Fsp3) is 0.714. The minimum absolute atomic E-state index is 0.0856. The number of piperidine rings is 1. The van der Waals surface area contributed by atoms with Gasteiger partial charge in [-0.3, -0.25) is 9.48 Å². The van der Waals surface area contributed by atoms with Crippen LogP contribution in [0, 0.1) is 0 Å². The maximum atomic E-state index is 12.5. The number of nitrogens with one attached hydrogen (secondary N) is 1. The first-order valence-electron chi connectivity index (χ1n) is 7.19. The third kappa shape index (κ3) is 2.52. The van der Waals surface area contributed by atoms with Gasteiger partial charge in [0.15, 0.2) is 5.69 Å².